The predicted molar refractivity (Wildman–Crippen MR) is 112 cm³/mol. The van der Waals surface area contributed by atoms with Crippen LogP contribution in [0.5, 0.6) is 5.75 Å². The molecule has 142 valence electrons. The number of ether oxygens (including phenoxy) is 1. The van der Waals surface area contributed by atoms with Crippen LogP contribution in [-0.4, -0.2) is 27.3 Å². The molecule has 0 aliphatic rings. The number of rotatable bonds is 5. The number of methoxy groups -OCH3 is 1. The normalized spacial score (nSPS) is 11.1. The van der Waals surface area contributed by atoms with E-state index in [2.05, 4.69) is 20.2 Å². The molecule has 0 aliphatic carbocycles. The van der Waals surface area contributed by atoms with Crippen LogP contribution in [0.1, 0.15) is 16.8 Å². The first-order valence-electron chi connectivity index (χ1n) is 8.86. The number of nitrogens with zero attached hydrogens (tertiary/aromatic N) is 2. The van der Waals surface area contributed by atoms with Crippen LogP contribution in [0.2, 0.25) is 0 Å². The molecule has 0 atom stereocenters. The topological polar surface area (TPSA) is 83.7 Å². The molecule has 4 rings (SSSR count). The third kappa shape index (κ3) is 3.66. The molecule has 2 heterocycles. The highest BCUT2D eigenvalue weighted by Crippen LogP contribution is 2.24. The fourth-order valence-corrected chi connectivity index (χ4v) is 3.95. The van der Waals surface area contributed by atoms with Gasteiger partial charge in [0.25, 0.3) is 0 Å². The highest BCUT2D eigenvalue weighted by molar-refractivity contribution is 7.98. The van der Waals surface area contributed by atoms with Crippen LogP contribution in [0.4, 0.5) is 0 Å². The zero-order valence-corrected chi connectivity index (χ0v) is 16.7. The number of nitrogens with one attached hydrogen (secondary N) is 2. The van der Waals surface area contributed by atoms with Crippen LogP contribution in [-0.2, 0) is 5.75 Å². The van der Waals surface area contributed by atoms with E-state index in [1.165, 1.54) is 11.8 Å². The van der Waals surface area contributed by atoms with Crippen LogP contribution in [0, 0.1) is 13.8 Å². The number of hydrogen-bond donors (Lipinski definition) is 2. The molecular formula is C21H20N4O2S. The summed E-state index contributed by atoms with van der Waals surface area (Å²) in [6.45, 7) is 3.99. The molecule has 0 saturated carbocycles. The molecule has 2 N–H and O–H groups in total. The molecule has 0 bridgehead atoms. The van der Waals surface area contributed by atoms with Gasteiger partial charge in [0.2, 0.25) is 5.16 Å². The first kappa shape index (κ1) is 18.3. The fraction of sp³-hybridized carbons (Fsp3) is 0.190. The molecule has 4 aromatic rings. The third-order valence-electron chi connectivity index (χ3n) is 4.51. The predicted octanol–water partition coefficient (Wildman–Crippen LogP) is 4.23. The van der Waals surface area contributed by atoms with E-state index >= 15 is 0 Å². The van der Waals surface area contributed by atoms with E-state index in [1.54, 1.807) is 13.2 Å². The number of pyridine rings is 1. The molecule has 0 radical (unpaired) electrons. The number of aryl methyl sites for hydroxylation is 2. The van der Waals surface area contributed by atoms with Crippen LogP contribution >= 0.6 is 11.8 Å². The number of aromatic amines is 2. The molecular weight excluding hydrogens is 372 g/mol. The number of hydrogen-bond acceptors (Lipinski definition) is 5. The lowest BCUT2D eigenvalue weighted by molar-refractivity contribution is 0.415. The van der Waals surface area contributed by atoms with E-state index in [-0.39, 0.29) is 5.43 Å². The third-order valence-corrected chi connectivity index (χ3v) is 5.41. The molecule has 0 saturated heterocycles. The van der Waals surface area contributed by atoms with E-state index in [0.717, 1.165) is 39.0 Å². The van der Waals surface area contributed by atoms with Crippen molar-refractivity contribution in [2.24, 2.45) is 0 Å². The highest BCUT2D eigenvalue weighted by atomic mass is 32.2. The van der Waals surface area contributed by atoms with Gasteiger partial charge in [-0.3, -0.25) is 9.89 Å². The Bertz CT molecular complexity index is 1200. The van der Waals surface area contributed by atoms with Crippen molar-refractivity contribution in [1.29, 1.82) is 0 Å². The molecule has 28 heavy (non-hydrogen) atoms. The molecule has 0 aliphatic heterocycles. The highest BCUT2D eigenvalue weighted by Gasteiger charge is 2.09. The van der Waals surface area contributed by atoms with Gasteiger partial charge in [0.1, 0.15) is 5.75 Å². The monoisotopic (exact) mass is 392 g/mol. The number of thioether (sulfide) groups is 1. The molecule has 7 heteroatoms. The van der Waals surface area contributed by atoms with Gasteiger partial charge in [0.05, 0.1) is 12.6 Å². The van der Waals surface area contributed by atoms with E-state index in [4.69, 9.17) is 4.74 Å². The van der Waals surface area contributed by atoms with Crippen molar-refractivity contribution in [3.63, 3.8) is 0 Å². The summed E-state index contributed by atoms with van der Waals surface area (Å²) in [4.78, 5) is 20.4. The largest absolute Gasteiger partial charge is 0.497 e. The Kier molecular flexibility index (Phi) is 4.92. The van der Waals surface area contributed by atoms with Crippen molar-refractivity contribution in [3.05, 3.63) is 69.5 Å². The fourth-order valence-electron chi connectivity index (χ4n) is 3.24. The van der Waals surface area contributed by atoms with Crippen molar-refractivity contribution in [2.75, 3.05) is 7.11 Å². The molecule has 6 nitrogen and oxygen atoms in total. The lowest BCUT2D eigenvalue weighted by Crippen LogP contribution is -2.06. The van der Waals surface area contributed by atoms with E-state index in [9.17, 15) is 4.79 Å². The summed E-state index contributed by atoms with van der Waals surface area (Å²) in [5.41, 5.74) is 4.82. The Labute approximate surface area is 166 Å². The van der Waals surface area contributed by atoms with Gasteiger partial charge in [-0.15, -0.1) is 5.10 Å². The number of aromatic nitrogens is 4. The van der Waals surface area contributed by atoms with E-state index in [1.807, 2.05) is 50.2 Å². The Morgan fingerprint density at radius 1 is 1.11 bits per heavy atom. The Morgan fingerprint density at radius 2 is 1.89 bits per heavy atom. The van der Waals surface area contributed by atoms with Gasteiger partial charge in [0, 0.05) is 28.5 Å². The lowest BCUT2D eigenvalue weighted by Gasteiger charge is -2.06. The van der Waals surface area contributed by atoms with Gasteiger partial charge in [-0.05, 0) is 55.3 Å². The summed E-state index contributed by atoms with van der Waals surface area (Å²) in [5.74, 6) is 2.07. The summed E-state index contributed by atoms with van der Waals surface area (Å²) in [5, 5.41) is 8.60. The van der Waals surface area contributed by atoms with Gasteiger partial charge < -0.3 is 9.72 Å². The minimum Gasteiger partial charge on any atom is -0.497 e. The maximum atomic E-state index is 12.5. The van der Waals surface area contributed by atoms with Crippen LogP contribution in [0.3, 0.4) is 0 Å². The van der Waals surface area contributed by atoms with Gasteiger partial charge >= 0.3 is 0 Å². The molecule has 0 spiro atoms. The molecule has 0 amide bonds. The standard InChI is InChI=1S/C21H20N4O2S/c1-12-8-13(2)19-17(9-12)22-15(10-18(19)26)11-28-21-23-20(24-25-21)14-4-6-16(27-3)7-5-14/h4-10H,11H2,1-3H3,(H,22,26)(H,23,24,25). The van der Waals surface area contributed by atoms with Gasteiger partial charge in [-0.2, -0.15) is 0 Å². The van der Waals surface area contributed by atoms with Crippen molar-refractivity contribution in [2.45, 2.75) is 24.8 Å². The molecule has 2 aromatic carbocycles. The second-order valence-electron chi connectivity index (χ2n) is 6.65. The van der Waals surface area contributed by atoms with Crippen molar-refractivity contribution in [3.8, 4) is 17.1 Å². The number of H-pyrrole nitrogens is 2. The van der Waals surface area contributed by atoms with Gasteiger partial charge in [0.15, 0.2) is 11.3 Å². The van der Waals surface area contributed by atoms with Crippen LogP contribution in [0.15, 0.2) is 52.4 Å². The number of fused-ring (bicyclic) bond motifs is 1. The maximum Gasteiger partial charge on any atom is 0.209 e. The smallest absolute Gasteiger partial charge is 0.209 e. The quantitative estimate of drug-likeness (QED) is 0.497. The van der Waals surface area contributed by atoms with Crippen molar-refractivity contribution in [1.82, 2.24) is 20.2 Å². The Hall–Kier alpha value is -3.06. The SMILES string of the molecule is COc1ccc(-c2nc(SCc3cc(=O)c4c(C)cc(C)cc4[nH]3)n[nH]2)cc1. The average molecular weight is 392 g/mol. The van der Waals surface area contributed by atoms with E-state index in [0.29, 0.717) is 16.7 Å². The summed E-state index contributed by atoms with van der Waals surface area (Å²) < 4.78 is 5.17. The summed E-state index contributed by atoms with van der Waals surface area (Å²) in [6.07, 6.45) is 0. The van der Waals surface area contributed by atoms with E-state index < -0.39 is 0 Å². The zero-order chi connectivity index (χ0) is 19.7. The Balaban J connectivity index is 1.53. The van der Waals surface area contributed by atoms with Crippen molar-refractivity contribution < 1.29 is 4.74 Å². The minimum atomic E-state index is 0.0377. The molecule has 0 fully saturated rings. The molecule has 0 unspecified atom stereocenters. The summed E-state index contributed by atoms with van der Waals surface area (Å²) in [6, 6.07) is 13.3. The van der Waals surface area contributed by atoms with Crippen molar-refractivity contribution >= 4 is 22.7 Å². The van der Waals surface area contributed by atoms with Gasteiger partial charge in [-0.1, -0.05) is 17.8 Å². The first-order chi connectivity index (χ1) is 13.5. The maximum absolute atomic E-state index is 12.5. The first-order valence-corrected chi connectivity index (χ1v) is 9.85. The lowest BCUT2D eigenvalue weighted by atomic mass is 10.1. The number of benzene rings is 2. The zero-order valence-electron chi connectivity index (χ0n) is 15.9. The second kappa shape index (κ2) is 7.52. The average Bonchev–Trinajstić information content (AvgIpc) is 3.14. The minimum absolute atomic E-state index is 0.0377. The summed E-state index contributed by atoms with van der Waals surface area (Å²) in [7, 11) is 1.64. The Morgan fingerprint density at radius 3 is 2.64 bits per heavy atom. The second-order valence-corrected chi connectivity index (χ2v) is 7.59. The summed E-state index contributed by atoms with van der Waals surface area (Å²) >= 11 is 1.47. The van der Waals surface area contributed by atoms with Crippen LogP contribution < -0.4 is 10.2 Å². The van der Waals surface area contributed by atoms with Gasteiger partial charge in [-0.25, -0.2) is 4.98 Å². The van der Waals surface area contributed by atoms with Crippen LogP contribution in [0.25, 0.3) is 22.3 Å². The molecule has 2 aromatic heterocycles.